The van der Waals surface area contributed by atoms with E-state index in [1.807, 2.05) is 24.7 Å². The normalized spacial score (nSPS) is 11.9. The number of rotatable bonds is 0. The summed E-state index contributed by atoms with van der Waals surface area (Å²) in [6, 6.07) is 10.7. The van der Waals surface area contributed by atoms with Crippen LogP contribution in [0.25, 0.3) is 43.2 Å². The van der Waals surface area contributed by atoms with E-state index in [2.05, 4.69) is 58.2 Å². The summed E-state index contributed by atoms with van der Waals surface area (Å²) in [5.41, 5.74) is 1.06. The van der Waals surface area contributed by atoms with E-state index in [1.165, 1.54) is 32.3 Å². The lowest BCUT2D eigenvalue weighted by Crippen LogP contribution is -1.84. The van der Waals surface area contributed by atoms with Crippen molar-refractivity contribution in [3.8, 4) is 0 Å². The van der Waals surface area contributed by atoms with Crippen LogP contribution in [-0.4, -0.2) is 14.5 Å². The van der Waals surface area contributed by atoms with Crippen LogP contribution in [0.2, 0.25) is 0 Å². The van der Waals surface area contributed by atoms with E-state index in [-0.39, 0.29) is 0 Å². The third-order valence-corrected chi connectivity index (χ3v) is 4.38. The van der Waals surface area contributed by atoms with Gasteiger partial charge in [0.2, 0.25) is 0 Å². The van der Waals surface area contributed by atoms with Gasteiger partial charge in [-0.15, -0.1) is 0 Å². The van der Waals surface area contributed by atoms with Crippen LogP contribution in [0, 0.1) is 0 Å². The van der Waals surface area contributed by atoms with Gasteiger partial charge in [0, 0.05) is 59.6 Å². The largest absolute Gasteiger partial charge is 0.356 e. The van der Waals surface area contributed by atoms with Crippen molar-refractivity contribution in [3.63, 3.8) is 0 Å². The van der Waals surface area contributed by atoms with E-state index in [0.717, 1.165) is 10.9 Å². The number of hydrogen-bond donors (Lipinski definition) is 0. The van der Waals surface area contributed by atoms with E-state index in [0.29, 0.717) is 0 Å². The SMILES string of the molecule is Cn1cc2c3cc4ccncc4cc3c3cccnc3c2c1. The first-order valence-corrected chi connectivity index (χ1v) is 7.31. The summed E-state index contributed by atoms with van der Waals surface area (Å²) in [5.74, 6) is 0. The van der Waals surface area contributed by atoms with E-state index < -0.39 is 0 Å². The van der Waals surface area contributed by atoms with Gasteiger partial charge in [0.15, 0.2) is 0 Å². The van der Waals surface area contributed by atoms with Crippen LogP contribution in [0.3, 0.4) is 0 Å². The standard InChI is InChI=1S/C19H13N3/c1-22-10-17-16-7-12-4-6-20-9-13(12)8-15(16)14-3-2-5-21-19(14)18(17)11-22/h2-11H,1H3. The number of hydrogen-bond acceptors (Lipinski definition) is 2. The molecule has 0 atom stereocenters. The third kappa shape index (κ3) is 1.45. The first-order valence-electron chi connectivity index (χ1n) is 7.31. The van der Waals surface area contributed by atoms with Crippen molar-refractivity contribution < 1.29 is 0 Å². The van der Waals surface area contributed by atoms with Crippen molar-refractivity contribution in [1.29, 1.82) is 0 Å². The summed E-state index contributed by atoms with van der Waals surface area (Å²) in [4.78, 5) is 8.87. The zero-order chi connectivity index (χ0) is 14.7. The molecule has 0 N–H and O–H groups in total. The van der Waals surface area contributed by atoms with Crippen molar-refractivity contribution in [2.24, 2.45) is 7.05 Å². The molecule has 5 rings (SSSR count). The lowest BCUT2D eigenvalue weighted by Gasteiger charge is -2.08. The van der Waals surface area contributed by atoms with Gasteiger partial charge in [-0.3, -0.25) is 9.97 Å². The van der Waals surface area contributed by atoms with Gasteiger partial charge in [-0.05, 0) is 40.4 Å². The first kappa shape index (κ1) is 11.7. The van der Waals surface area contributed by atoms with E-state index in [1.54, 1.807) is 0 Å². The van der Waals surface area contributed by atoms with Crippen molar-refractivity contribution >= 4 is 43.2 Å². The molecule has 3 heterocycles. The molecule has 0 fully saturated rings. The zero-order valence-corrected chi connectivity index (χ0v) is 12.1. The second-order valence-corrected chi connectivity index (χ2v) is 5.77. The van der Waals surface area contributed by atoms with Crippen LogP contribution in [0.4, 0.5) is 0 Å². The second kappa shape index (κ2) is 4.04. The number of fused-ring (bicyclic) bond motifs is 7. The zero-order valence-electron chi connectivity index (χ0n) is 12.1. The van der Waals surface area contributed by atoms with Crippen molar-refractivity contribution in [3.05, 3.63) is 61.3 Å². The van der Waals surface area contributed by atoms with Crippen molar-refractivity contribution in [2.75, 3.05) is 0 Å². The molecule has 3 nitrogen and oxygen atoms in total. The van der Waals surface area contributed by atoms with Gasteiger partial charge < -0.3 is 4.57 Å². The van der Waals surface area contributed by atoms with Gasteiger partial charge in [-0.1, -0.05) is 6.07 Å². The molecule has 5 aromatic rings. The molecule has 0 aliphatic heterocycles. The minimum atomic E-state index is 1.06. The fourth-order valence-corrected chi connectivity index (χ4v) is 3.41. The van der Waals surface area contributed by atoms with Crippen LogP contribution in [0.1, 0.15) is 0 Å². The molecule has 0 bridgehead atoms. The Morgan fingerprint density at radius 1 is 0.818 bits per heavy atom. The van der Waals surface area contributed by atoms with Gasteiger partial charge in [0.05, 0.1) is 5.52 Å². The van der Waals surface area contributed by atoms with Crippen LogP contribution >= 0.6 is 0 Å². The maximum absolute atomic E-state index is 4.62. The average molecular weight is 283 g/mol. The molecule has 0 amide bonds. The summed E-state index contributed by atoms with van der Waals surface area (Å²) in [7, 11) is 2.06. The maximum atomic E-state index is 4.62. The fraction of sp³-hybridized carbons (Fsp3) is 0.0526. The average Bonchev–Trinajstić information content (AvgIpc) is 2.95. The highest BCUT2D eigenvalue weighted by atomic mass is 14.9. The molecule has 0 radical (unpaired) electrons. The van der Waals surface area contributed by atoms with Crippen LogP contribution in [-0.2, 0) is 7.05 Å². The monoisotopic (exact) mass is 283 g/mol. The number of pyridine rings is 2. The van der Waals surface area contributed by atoms with Gasteiger partial charge >= 0.3 is 0 Å². The Morgan fingerprint density at radius 3 is 2.59 bits per heavy atom. The molecule has 22 heavy (non-hydrogen) atoms. The predicted molar refractivity (Wildman–Crippen MR) is 91.0 cm³/mol. The third-order valence-electron chi connectivity index (χ3n) is 4.38. The molecule has 3 aromatic heterocycles. The van der Waals surface area contributed by atoms with E-state index in [4.69, 9.17) is 0 Å². The predicted octanol–water partition coefficient (Wildman–Crippen LogP) is 4.43. The minimum Gasteiger partial charge on any atom is -0.356 e. The summed E-state index contributed by atoms with van der Waals surface area (Å²) < 4.78 is 2.11. The smallest absolute Gasteiger partial charge is 0.0802 e. The Balaban J connectivity index is 2.17. The van der Waals surface area contributed by atoms with Gasteiger partial charge in [-0.2, -0.15) is 0 Å². The summed E-state index contributed by atoms with van der Waals surface area (Å²) in [5, 5.41) is 8.55. The fourth-order valence-electron chi connectivity index (χ4n) is 3.41. The van der Waals surface area contributed by atoms with Gasteiger partial charge in [0.1, 0.15) is 0 Å². The molecule has 2 aromatic carbocycles. The molecule has 0 aliphatic carbocycles. The summed E-state index contributed by atoms with van der Waals surface area (Å²) in [6.45, 7) is 0. The van der Waals surface area contributed by atoms with E-state index in [9.17, 15) is 0 Å². The number of nitrogens with zero attached hydrogens (tertiary/aromatic N) is 3. The summed E-state index contributed by atoms with van der Waals surface area (Å²) in [6.07, 6.45) is 9.97. The maximum Gasteiger partial charge on any atom is 0.0802 e. The molecule has 0 saturated heterocycles. The Hall–Kier alpha value is -2.94. The van der Waals surface area contributed by atoms with Crippen molar-refractivity contribution in [1.82, 2.24) is 14.5 Å². The van der Waals surface area contributed by atoms with Gasteiger partial charge in [-0.25, -0.2) is 0 Å². The summed E-state index contributed by atoms with van der Waals surface area (Å²) >= 11 is 0. The van der Waals surface area contributed by atoms with Crippen LogP contribution in [0.15, 0.2) is 61.3 Å². The minimum absolute atomic E-state index is 1.06. The quantitative estimate of drug-likeness (QED) is 0.311. The van der Waals surface area contributed by atoms with Gasteiger partial charge in [0.25, 0.3) is 0 Å². The highest BCUT2D eigenvalue weighted by Crippen LogP contribution is 2.36. The topological polar surface area (TPSA) is 30.7 Å². The van der Waals surface area contributed by atoms with Crippen LogP contribution < -0.4 is 0 Å². The Bertz CT molecular complexity index is 1190. The molecule has 0 spiro atoms. The Labute approximate surface area is 126 Å². The molecule has 0 unspecified atom stereocenters. The Kier molecular flexibility index (Phi) is 2.15. The highest BCUT2D eigenvalue weighted by molar-refractivity contribution is 6.26. The Morgan fingerprint density at radius 2 is 1.64 bits per heavy atom. The van der Waals surface area contributed by atoms with Crippen LogP contribution in [0.5, 0.6) is 0 Å². The second-order valence-electron chi connectivity index (χ2n) is 5.77. The number of aromatic nitrogens is 3. The highest BCUT2D eigenvalue weighted by Gasteiger charge is 2.11. The first-order chi connectivity index (χ1) is 10.8. The molecular formula is C19H13N3. The van der Waals surface area contributed by atoms with Crippen molar-refractivity contribution in [2.45, 2.75) is 0 Å². The number of benzene rings is 2. The molecule has 3 heteroatoms. The molecule has 104 valence electrons. The molecule has 0 saturated carbocycles. The van der Waals surface area contributed by atoms with E-state index >= 15 is 0 Å². The lowest BCUT2D eigenvalue weighted by atomic mass is 9.97. The lowest BCUT2D eigenvalue weighted by molar-refractivity contribution is 0.934. The number of aryl methyl sites for hydroxylation is 1. The molecular weight excluding hydrogens is 270 g/mol. The molecule has 0 aliphatic rings.